The van der Waals surface area contributed by atoms with Crippen molar-refractivity contribution in [2.75, 3.05) is 0 Å². The lowest BCUT2D eigenvalue weighted by atomic mass is 10.2. The Labute approximate surface area is 165 Å². The Bertz CT molecular complexity index is 1090. The summed E-state index contributed by atoms with van der Waals surface area (Å²) in [5, 5.41) is 5.45. The highest BCUT2D eigenvalue weighted by Gasteiger charge is 2.25. The molecule has 0 atom stereocenters. The summed E-state index contributed by atoms with van der Waals surface area (Å²) in [5.74, 6) is -0.330. The number of hydrogen-bond donors (Lipinski definition) is 0. The predicted molar refractivity (Wildman–Crippen MR) is 105 cm³/mol. The SMILES string of the molecule is O=C1OC(c2ccccc2Cl)=N/C1=C\c1cnn(Cc2ccccc2Cl)c1. The molecule has 0 amide bonds. The van der Waals surface area contributed by atoms with Gasteiger partial charge in [0.2, 0.25) is 5.90 Å². The van der Waals surface area contributed by atoms with E-state index >= 15 is 0 Å². The minimum atomic E-state index is -0.524. The summed E-state index contributed by atoms with van der Waals surface area (Å²) in [4.78, 5) is 16.4. The number of carbonyl (C=O) groups is 1. The van der Waals surface area contributed by atoms with Gasteiger partial charge in [-0.2, -0.15) is 5.10 Å². The average molecular weight is 398 g/mol. The largest absolute Gasteiger partial charge is 0.402 e. The number of aliphatic imine (C=N–C) groups is 1. The molecule has 3 aromatic rings. The minimum absolute atomic E-state index is 0.195. The third-order valence-electron chi connectivity index (χ3n) is 3.97. The predicted octanol–water partition coefficient (Wildman–Crippen LogP) is 4.58. The molecule has 134 valence electrons. The normalized spacial score (nSPS) is 15.1. The van der Waals surface area contributed by atoms with Crippen LogP contribution in [0.25, 0.3) is 6.08 Å². The zero-order valence-corrected chi connectivity index (χ0v) is 15.5. The summed E-state index contributed by atoms with van der Waals surface area (Å²) >= 11 is 12.3. The van der Waals surface area contributed by atoms with Gasteiger partial charge in [-0.1, -0.05) is 53.5 Å². The van der Waals surface area contributed by atoms with Crippen LogP contribution in [0.3, 0.4) is 0 Å². The first kappa shape index (κ1) is 17.5. The zero-order valence-electron chi connectivity index (χ0n) is 14.0. The average Bonchev–Trinajstić information content (AvgIpc) is 3.24. The number of nitrogens with zero attached hydrogens (tertiary/aromatic N) is 3. The van der Waals surface area contributed by atoms with E-state index in [1.165, 1.54) is 0 Å². The molecule has 7 heteroatoms. The first-order valence-electron chi connectivity index (χ1n) is 8.13. The molecule has 0 N–H and O–H groups in total. The van der Waals surface area contributed by atoms with Gasteiger partial charge in [-0.3, -0.25) is 4.68 Å². The summed E-state index contributed by atoms with van der Waals surface area (Å²) < 4.78 is 6.99. The Morgan fingerprint density at radius 3 is 2.56 bits per heavy atom. The van der Waals surface area contributed by atoms with E-state index in [4.69, 9.17) is 27.9 Å². The fraction of sp³-hybridized carbons (Fsp3) is 0.0500. The number of carbonyl (C=O) groups excluding carboxylic acids is 1. The maximum atomic E-state index is 12.1. The first-order valence-corrected chi connectivity index (χ1v) is 8.89. The fourth-order valence-corrected chi connectivity index (χ4v) is 3.07. The van der Waals surface area contributed by atoms with Gasteiger partial charge in [0.15, 0.2) is 5.70 Å². The Hall–Kier alpha value is -2.89. The Balaban J connectivity index is 1.57. The molecule has 0 aliphatic carbocycles. The van der Waals surface area contributed by atoms with Crippen molar-refractivity contribution in [1.29, 1.82) is 0 Å². The van der Waals surface area contributed by atoms with Crippen molar-refractivity contribution in [3.8, 4) is 0 Å². The summed E-state index contributed by atoms with van der Waals surface area (Å²) in [6, 6.07) is 14.6. The standard InChI is InChI=1S/C20H13Cl2N3O2/c21-16-7-3-1-5-14(16)12-25-11-13(10-23-25)9-18-20(26)27-19(24-18)15-6-2-4-8-17(15)22/h1-11H,12H2/b18-9-. The van der Waals surface area contributed by atoms with Gasteiger partial charge in [-0.25, -0.2) is 9.79 Å². The van der Waals surface area contributed by atoms with Crippen LogP contribution in [-0.2, 0) is 16.1 Å². The first-order chi connectivity index (χ1) is 13.1. The molecule has 1 aliphatic rings. The van der Waals surface area contributed by atoms with Gasteiger partial charge in [-0.05, 0) is 29.8 Å². The van der Waals surface area contributed by atoms with Gasteiger partial charge in [0, 0.05) is 16.8 Å². The topological polar surface area (TPSA) is 56.5 Å². The monoisotopic (exact) mass is 397 g/mol. The van der Waals surface area contributed by atoms with E-state index in [9.17, 15) is 4.79 Å². The van der Waals surface area contributed by atoms with E-state index in [0.717, 1.165) is 11.1 Å². The highest BCUT2D eigenvalue weighted by molar-refractivity contribution is 6.34. The van der Waals surface area contributed by atoms with Gasteiger partial charge >= 0.3 is 5.97 Å². The van der Waals surface area contributed by atoms with Crippen molar-refractivity contribution < 1.29 is 9.53 Å². The maximum absolute atomic E-state index is 12.1. The Morgan fingerprint density at radius 1 is 1.04 bits per heavy atom. The van der Waals surface area contributed by atoms with Crippen LogP contribution >= 0.6 is 23.2 Å². The van der Waals surface area contributed by atoms with E-state index in [2.05, 4.69) is 10.1 Å². The lowest BCUT2D eigenvalue weighted by molar-refractivity contribution is -0.129. The van der Waals surface area contributed by atoms with Crippen molar-refractivity contribution in [3.63, 3.8) is 0 Å². The highest BCUT2D eigenvalue weighted by atomic mass is 35.5. The summed E-state index contributed by atoms with van der Waals surface area (Å²) in [7, 11) is 0. The second kappa shape index (κ2) is 7.39. The van der Waals surface area contributed by atoms with E-state index < -0.39 is 5.97 Å². The number of aromatic nitrogens is 2. The van der Waals surface area contributed by atoms with E-state index in [0.29, 0.717) is 22.2 Å². The number of cyclic esters (lactones) is 1. The third kappa shape index (κ3) is 3.79. The zero-order chi connectivity index (χ0) is 18.8. The van der Waals surface area contributed by atoms with Crippen LogP contribution in [0.5, 0.6) is 0 Å². The molecule has 0 radical (unpaired) electrons. The van der Waals surface area contributed by atoms with Crippen molar-refractivity contribution >= 4 is 41.1 Å². The molecular formula is C20H13Cl2N3O2. The summed E-state index contributed by atoms with van der Waals surface area (Å²) in [6.45, 7) is 0.529. The summed E-state index contributed by atoms with van der Waals surface area (Å²) in [6.07, 6.45) is 5.09. The maximum Gasteiger partial charge on any atom is 0.363 e. The van der Waals surface area contributed by atoms with Crippen molar-refractivity contribution in [2.45, 2.75) is 6.54 Å². The van der Waals surface area contributed by atoms with E-state index in [-0.39, 0.29) is 11.6 Å². The molecule has 0 unspecified atom stereocenters. The van der Waals surface area contributed by atoms with Crippen molar-refractivity contribution in [1.82, 2.24) is 9.78 Å². The number of rotatable bonds is 4. The van der Waals surface area contributed by atoms with Crippen LogP contribution in [0, 0.1) is 0 Å². The van der Waals surface area contributed by atoms with Crippen molar-refractivity contribution in [3.05, 3.63) is 93.4 Å². The molecule has 1 aliphatic heterocycles. The van der Waals surface area contributed by atoms with Gasteiger partial charge in [0.05, 0.1) is 23.3 Å². The van der Waals surface area contributed by atoms with Crippen LogP contribution in [0.1, 0.15) is 16.7 Å². The van der Waals surface area contributed by atoms with Gasteiger partial charge < -0.3 is 4.74 Å². The molecule has 0 saturated carbocycles. The lowest BCUT2D eigenvalue weighted by Crippen LogP contribution is -2.05. The van der Waals surface area contributed by atoms with Crippen LogP contribution < -0.4 is 0 Å². The third-order valence-corrected chi connectivity index (χ3v) is 4.67. The van der Waals surface area contributed by atoms with Gasteiger partial charge in [-0.15, -0.1) is 0 Å². The number of ether oxygens (including phenoxy) is 1. The number of esters is 1. The molecule has 0 fully saturated rings. The van der Waals surface area contributed by atoms with E-state index in [1.807, 2.05) is 30.5 Å². The second-order valence-corrected chi connectivity index (χ2v) is 6.69. The highest BCUT2D eigenvalue weighted by Crippen LogP contribution is 2.23. The molecule has 2 aromatic carbocycles. The molecule has 1 aromatic heterocycles. The smallest absolute Gasteiger partial charge is 0.363 e. The number of halogens is 2. The Morgan fingerprint density at radius 2 is 1.78 bits per heavy atom. The van der Waals surface area contributed by atoms with Gasteiger partial charge in [0.25, 0.3) is 0 Å². The molecule has 2 heterocycles. The molecule has 0 bridgehead atoms. The molecule has 27 heavy (non-hydrogen) atoms. The van der Waals surface area contributed by atoms with Crippen LogP contribution in [0.4, 0.5) is 0 Å². The van der Waals surface area contributed by atoms with Gasteiger partial charge in [0.1, 0.15) is 0 Å². The van der Waals surface area contributed by atoms with Crippen LogP contribution in [0.15, 0.2) is 71.6 Å². The number of hydrogen-bond acceptors (Lipinski definition) is 4. The second-order valence-electron chi connectivity index (χ2n) is 5.88. The molecule has 0 spiro atoms. The van der Waals surface area contributed by atoms with E-state index in [1.54, 1.807) is 41.2 Å². The molecular weight excluding hydrogens is 385 g/mol. The minimum Gasteiger partial charge on any atom is -0.402 e. The number of benzene rings is 2. The Kier molecular flexibility index (Phi) is 4.79. The fourth-order valence-electron chi connectivity index (χ4n) is 2.66. The van der Waals surface area contributed by atoms with Crippen LogP contribution in [-0.4, -0.2) is 21.6 Å². The van der Waals surface area contributed by atoms with Crippen molar-refractivity contribution in [2.24, 2.45) is 4.99 Å². The molecule has 0 saturated heterocycles. The lowest BCUT2D eigenvalue weighted by Gasteiger charge is -2.03. The summed E-state index contributed by atoms with van der Waals surface area (Å²) in [5.41, 5.74) is 2.46. The van der Waals surface area contributed by atoms with Crippen LogP contribution in [0.2, 0.25) is 10.0 Å². The quantitative estimate of drug-likeness (QED) is 0.478. The molecule has 4 rings (SSSR count). The molecule has 5 nitrogen and oxygen atoms in total.